The molecule has 0 bridgehead atoms. The van der Waals surface area contributed by atoms with Crippen LogP contribution >= 0.6 is 0 Å². The third-order valence-electron chi connectivity index (χ3n) is 5.13. The van der Waals surface area contributed by atoms with Gasteiger partial charge in [0.15, 0.2) is 11.5 Å². The topological polar surface area (TPSA) is 115 Å². The molecule has 0 aliphatic carbocycles. The smallest absolute Gasteiger partial charge is 0.231 e. The molecule has 1 saturated heterocycles. The second-order valence-electron chi connectivity index (χ2n) is 7.06. The molecule has 9 heteroatoms. The molecule has 0 saturated carbocycles. The van der Waals surface area contributed by atoms with E-state index < -0.39 is 0 Å². The Morgan fingerprint density at radius 2 is 2.07 bits per heavy atom. The minimum atomic E-state index is 0.205. The number of imidazole rings is 1. The minimum absolute atomic E-state index is 0.205. The number of carbonyl (C=O) groups is 1. The van der Waals surface area contributed by atoms with Crippen LogP contribution in [0.5, 0.6) is 0 Å². The summed E-state index contributed by atoms with van der Waals surface area (Å²) in [6.45, 7) is 2.06. The van der Waals surface area contributed by atoms with Gasteiger partial charge in [0.1, 0.15) is 5.52 Å². The van der Waals surface area contributed by atoms with Crippen LogP contribution in [0.2, 0.25) is 0 Å². The van der Waals surface area contributed by atoms with Crippen molar-refractivity contribution < 1.29 is 4.79 Å². The lowest BCUT2D eigenvalue weighted by atomic mass is 10.2. The van der Waals surface area contributed by atoms with Gasteiger partial charge in [0.2, 0.25) is 11.9 Å². The number of nitrogens with zero attached hydrogens (tertiary/aromatic N) is 6. The molecule has 1 aliphatic heterocycles. The van der Waals surface area contributed by atoms with Crippen molar-refractivity contribution in [1.82, 2.24) is 29.4 Å². The monoisotopic (exact) mass is 388 g/mol. The Balaban J connectivity index is 1.42. The number of nitrogens with two attached hydrogens (primary N) is 1. The van der Waals surface area contributed by atoms with E-state index in [9.17, 15) is 4.79 Å². The zero-order valence-electron chi connectivity index (χ0n) is 15.7. The molecular weight excluding hydrogens is 368 g/mol. The number of amides is 1. The Bertz CT molecular complexity index is 1220. The maximum absolute atomic E-state index is 11.8. The molecule has 4 heterocycles. The van der Waals surface area contributed by atoms with E-state index >= 15 is 0 Å². The van der Waals surface area contributed by atoms with Crippen molar-refractivity contribution in [3.05, 3.63) is 42.9 Å². The van der Waals surface area contributed by atoms with E-state index in [0.29, 0.717) is 42.4 Å². The number of hydrogen-bond acceptors (Lipinski definition) is 7. The molecule has 0 unspecified atom stereocenters. The summed E-state index contributed by atoms with van der Waals surface area (Å²) in [5.41, 5.74) is 9.09. The average molecular weight is 388 g/mol. The Morgan fingerprint density at radius 1 is 1.14 bits per heavy atom. The summed E-state index contributed by atoms with van der Waals surface area (Å²) >= 11 is 0. The summed E-state index contributed by atoms with van der Waals surface area (Å²) in [5, 5.41) is 4.23. The van der Waals surface area contributed by atoms with Crippen molar-refractivity contribution in [1.29, 1.82) is 0 Å². The molecule has 9 nitrogen and oxygen atoms in total. The molecule has 1 fully saturated rings. The van der Waals surface area contributed by atoms with Crippen LogP contribution in [-0.4, -0.2) is 48.4 Å². The van der Waals surface area contributed by atoms with Crippen molar-refractivity contribution in [3.8, 4) is 0 Å². The van der Waals surface area contributed by atoms with E-state index in [1.165, 1.54) is 0 Å². The average Bonchev–Trinajstić information content (AvgIpc) is 3.32. The maximum Gasteiger partial charge on any atom is 0.231 e. The van der Waals surface area contributed by atoms with E-state index in [1.807, 2.05) is 39.8 Å². The first-order valence-corrected chi connectivity index (χ1v) is 9.55. The normalized spacial score (nSPS) is 14.2. The van der Waals surface area contributed by atoms with Crippen molar-refractivity contribution >= 4 is 45.4 Å². The highest BCUT2D eigenvalue weighted by Gasteiger charge is 2.20. The second-order valence-corrected chi connectivity index (χ2v) is 7.06. The van der Waals surface area contributed by atoms with Gasteiger partial charge in [-0.2, -0.15) is 9.97 Å². The number of likely N-dealkylation sites (tertiary alicyclic amines) is 1. The fourth-order valence-corrected chi connectivity index (χ4v) is 3.64. The molecule has 0 spiro atoms. The van der Waals surface area contributed by atoms with Crippen LogP contribution in [0.15, 0.2) is 42.9 Å². The predicted octanol–water partition coefficient (Wildman–Crippen LogP) is 2.32. The summed E-state index contributed by atoms with van der Waals surface area (Å²) in [7, 11) is 0. The predicted molar refractivity (Wildman–Crippen MR) is 111 cm³/mol. The number of pyridine rings is 1. The first-order valence-electron chi connectivity index (χ1n) is 9.55. The van der Waals surface area contributed by atoms with E-state index in [-0.39, 0.29) is 5.91 Å². The van der Waals surface area contributed by atoms with Crippen molar-refractivity contribution in [2.75, 3.05) is 24.1 Å². The number of fused-ring (bicyclic) bond motifs is 2. The van der Waals surface area contributed by atoms with Gasteiger partial charge in [-0.3, -0.25) is 9.78 Å². The third-order valence-corrected chi connectivity index (χ3v) is 5.13. The van der Waals surface area contributed by atoms with Crippen LogP contribution in [0.4, 0.5) is 17.5 Å². The summed E-state index contributed by atoms with van der Waals surface area (Å²) in [6, 6.07) is 9.76. The Morgan fingerprint density at radius 3 is 2.93 bits per heavy atom. The number of nitrogen functional groups attached to an aromatic ring is 1. The molecule has 146 valence electrons. The van der Waals surface area contributed by atoms with Gasteiger partial charge < -0.3 is 20.5 Å². The molecule has 5 rings (SSSR count). The number of hydrogen-bond donors (Lipinski definition) is 2. The molecule has 0 radical (unpaired) electrons. The van der Waals surface area contributed by atoms with Gasteiger partial charge in [0, 0.05) is 43.3 Å². The van der Waals surface area contributed by atoms with Crippen LogP contribution in [0, 0.1) is 0 Å². The molecule has 0 atom stereocenters. The number of carbonyl (C=O) groups excluding carboxylic acids is 1. The number of rotatable bonds is 5. The van der Waals surface area contributed by atoms with Crippen molar-refractivity contribution in [2.24, 2.45) is 0 Å². The quantitative estimate of drug-likeness (QED) is 0.539. The fraction of sp³-hybridized carbons (Fsp3) is 0.250. The summed E-state index contributed by atoms with van der Waals surface area (Å²) < 4.78 is 1.91. The standard InChI is InChI=1S/C20H20N8O/c21-18-17-19(28(12-23-17)10-9-27-8-2-4-16(27)29)26-20(25-18)24-14-5-6-15-13(11-14)3-1-7-22-15/h1,3,5-7,11-12H,2,4,8-10H2,(H3,21,24,25,26). The second kappa shape index (κ2) is 7.01. The van der Waals surface area contributed by atoms with Gasteiger partial charge >= 0.3 is 0 Å². The molecular formula is C20H20N8O. The zero-order chi connectivity index (χ0) is 19.8. The first-order chi connectivity index (χ1) is 14.2. The summed E-state index contributed by atoms with van der Waals surface area (Å²) in [6.07, 6.45) is 5.02. The molecule has 1 aliphatic rings. The lowest BCUT2D eigenvalue weighted by Crippen LogP contribution is -2.28. The van der Waals surface area contributed by atoms with Crippen molar-refractivity contribution in [3.63, 3.8) is 0 Å². The maximum atomic E-state index is 11.8. The lowest BCUT2D eigenvalue weighted by molar-refractivity contribution is -0.127. The van der Waals surface area contributed by atoms with Crippen LogP contribution in [0.25, 0.3) is 22.1 Å². The Hall–Kier alpha value is -3.75. The first kappa shape index (κ1) is 17.4. The van der Waals surface area contributed by atoms with Gasteiger partial charge in [-0.1, -0.05) is 6.07 Å². The largest absolute Gasteiger partial charge is 0.382 e. The van der Waals surface area contributed by atoms with Crippen molar-refractivity contribution in [2.45, 2.75) is 19.4 Å². The van der Waals surface area contributed by atoms with Crippen LogP contribution < -0.4 is 11.1 Å². The van der Waals surface area contributed by atoms with Gasteiger partial charge in [0.05, 0.1) is 11.8 Å². The number of benzene rings is 1. The van der Waals surface area contributed by atoms with E-state index in [0.717, 1.165) is 29.6 Å². The molecule has 29 heavy (non-hydrogen) atoms. The minimum Gasteiger partial charge on any atom is -0.382 e. The number of aromatic nitrogens is 5. The van der Waals surface area contributed by atoms with E-state index in [4.69, 9.17) is 5.73 Å². The molecule has 1 aromatic carbocycles. The van der Waals surface area contributed by atoms with Crippen LogP contribution in [0.3, 0.4) is 0 Å². The SMILES string of the molecule is Nc1nc(Nc2ccc3ncccc3c2)nc2c1ncn2CCN1CCCC1=O. The van der Waals surface area contributed by atoms with E-state index in [1.54, 1.807) is 12.5 Å². The Labute approximate surface area is 166 Å². The molecule has 3 N–H and O–H groups in total. The third kappa shape index (κ3) is 3.31. The number of anilines is 3. The van der Waals surface area contributed by atoms with Crippen LogP contribution in [0.1, 0.15) is 12.8 Å². The highest BCUT2D eigenvalue weighted by molar-refractivity contribution is 5.85. The van der Waals surface area contributed by atoms with Gasteiger partial charge in [0.25, 0.3) is 0 Å². The van der Waals surface area contributed by atoms with Crippen LogP contribution in [-0.2, 0) is 11.3 Å². The van der Waals surface area contributed by atoms with Gasteiger partial charge in [-0.05, 0) is 30.7 Å². The summed E-state index contributed by atoms with van der Waals surface area (Å²) in [5.74, 6) is 0.921. The zero-order valence-corrected chi connectivity index (χ0v) is 15.7. The molecule has 3 aromatic heterocycles. The van der Waals surface area contributed by atoms with E-state index in [2.05, 4.69) is 25.3 Å². The summed E-state index contributed by atoms with van der Waals surface area (Å²) in [4.78, 5) is 31.3. The van der Waals surface area contributed by atoms with Gasteiger partial charge in [-0.25, -0.2) is 4.98 Å². The van der Waals surface area contributed by atoms with Gasteiger partial charge in [-0.15, -0.1) is 0 Å². The fourth-order valence-electron chi connectivity index (χ4n) is 3.64. The Kier molecular flexibility index (Phi) is 4.19. The number of nitrogens with one attached hydrogen (secondary N) is 1. The molecule has 4 aromatic rings. The lowest BCUT2D eigenvalue weighted by Gasteiger charge is -2.15. The molecule has 1 amide bonds. The highest BCUT2D eigenvalue weighted by Crippen LogP contribution is 2.23. The highest BCUT2D eigenvalue weighted by atomic mass is 16.2.